The summed E-state index contributed by atoms with van der Waals surface area (Å²) in [5.74, 6) is 1.12. The predicted octanol–water partition coefficient (Wildman–Crippen LogP) is 15.1. The summed E-state index contributed by atoms with van der Waals surface area (Å²) in [6, 6.07) is 82.5. The normalized spacial score (nSPS) is 11.5. The molecule has 0 aliphatic heterocycles. The Bertz CT molecular complexity index is 3720. The van der Waals surface area contributed by atoms with E-state index in [-0.39, 0.29) is 73.7 Å². The minimum absolute atomic E-state index is 0.190. The number of hydrogen-bond acceptors (Lipinski definition) is 10. The zero-order valence-corrected chi connectivity index (χ0v) is 54.0. The summed E-state index contributed by atoms with van der Waals surface area (Å²) in [5, 5.41) is 12.3. The molecule has 10 aromatic carbocycles. The number of rotatable bonds is 37. The molecular formula is C82H82N4O10. The first-order valence-corrected chi connectivity index (χ1v) is 32.9. The number of unbranched alkanes of at least 4 members (excludes halogenated alkanes) is 5. The molecule has 0 fully saturated rings. The van der Waals surface area contributed by atoms with Gasteiger partial charge in [-0.1, -0.05) is 244 Å². The Hall–Kier alpha value is -11.1. The summed E-state index contributed by atoms with van der Waals surface area (Å²) in [7, 11) is 0. The van der Waals surface area contributed by atoms with Gasteiger partial charge in [0.25, 0.3) is 11.8 Å². The number of nitrogens with one attached hydrogen (secondary N) is 4. The van der Waals surface area contributed by atoms with Gasteiger partial charge in [0.05, 0.1) is 11.1 Å². The van der Waals surface area contributed by atoms with Crippen molar-refractivity contribution in [2.45, 2.75) is 103 Å². The van der Waals surface area contributed by atoms with E-state index >= 15 is 0 Å². The highest BCUT2D eigenvalue weighted by Crippen LogP contribution is 2.35. The molecule has 0 aliphatic rings. The molecule has 10 aromatic rings. The van der Waals surface area contributed by atoms with E-state index in [1.807, 2.05) is 231 Å². The van der Waals surface area contributed by atoms with Crippen LogP contribution in [-0.2, 0) is 62.1 Å². The average molecular weight is 1280 g/mol. The largest absolute Gasteiger partial charge is 0.489 e. The van der Waals surface area contributed by atoms with Gasteiger partial charge in [-0.05, 0) is 106 Å². The number of ether oxygens (including phenoxy) is 6. The van der Waals surface area contributed by atoms with Gasteiger partial charge in [0, 0.05) is 25.9 Å². The van der Waals surface area contributed by atoms with Crippen LogP contribution in [0.3, 0.4) is 0 Å². The summed E-state index contributed by atoms with van der Waals surface area (Å²) in [4.78, 5) is 57.7. The van der Waals surface area contributed by atoms with Gasteiger partial charge in [0.1, 0.15) is 63.2 Å². The summed E-state index contributed by atoms with van der Waals surface area (Å²) in [6.45, 7) is 2.53. The Balaban J connectivity index is 0.743. The van der Waals surface area contributed by atoms with Crippen molar-refractivity contribution >= 4 is 23.6 Å². The first-order chi connectivity index (χ1) is 47.3. The first-order valence-electron chi connectivity index (χ1n) is 32.9. The van der Waals surface area contributed by atoms with Crippen LogP contribution in [0.4, 0.5) is 0 Å². The minimum atomic E-state index is -0.940. The van der Waals surface area contributed by atoms with Crippen LogP contribution >= 0.6 is 0 Å². The van der Waals surface area contributed by atoms with Crippen molar-refractivity contribution < 1.29 is 47.6 Å². The third-order valence-electron chi connectivity index (χ3n) is 16.0. The van der Waals surface area contributed by atoms with Crippen molar-refractivity contribution in [3.63, 3.8) is 0 Å². The highest BCUT2D eigenvalue weighted by atomic mass is 16.5. The molecule has 0 aromatic heterocycles. The first kappa shape index (κ1) is 67.8. The molecule has 0 unspecified atom stereocenters. The Labute approximate surface area is 563 Å². The van der Waals surface area contributed by atoms with Gasteiger partial charge in [-0.3, -0.25) is 19.2 Å². The lowest BCUT2D eigenvalue weighted by Crippen LogP contribution is -2.48. The number of carbonyl (C=O) groups excluding carboxylic acids is 4. The molecule has 0 spiro atoms. The molecule has 14 heteroatoms. The number of carbonyl (C=O) groups is 4. The van der Waals surface area contributed by atoms with Crippen LogP contribution in [0.2, 0.25) is 0 Å². The maximum Gasteiger partial charge on any atom is 0.255 e. The van der Waals surface area contributed by atoms with Crippen LogP contribution in [0.25, 0.3) is 0 Å². The van der Waals surface area contributed by atoms with Crippen molar-refractivity contribution in [1.82, 2.24) is 21.3 Å². The quantitative estimate of drug-likeness (QED) is 0.0275. The standard InChI is InChI=1S/C82H82N4O10/c87-79(71-39-25-41-75(93-57-65-31-15-7-16-32-65)77(71)95-59-67-35-19-9-20-36-67)85-73(53-61-43-47-69(48-44-61)91-55-63-27-11-5-12-28-63)81(89)83-51-23-3-1-2-4-24-52-84-82(90)74(54-62-45-49-70(50-46-62)92-56-64-29-13-6-14-30-64)86-80(88)72-40-26-42-76(94-58-66-33-17-8-18-34-66)78(72)96-60-68-37-21-10-22-38-68/h5-22,25-50,73-74H,1-4,23-24,51-60H2,(H,83,89)(H,84,90)(H,85,87)(H,86,88)/t73-,74-/m0/s1. The fourth-order valence-corrected chi connectivity index (χ4v) is 10.8. The van der Waals surface area contributed by atoms with Gasteiger partial charge in [-0.15, -0.1) is 0 Å². The Kier molecular flexibility index (Phi) is 26.1. The van der Waals surface area contributed by atoms with Crippen molar-refractivity contribution in [2.75, 3.05) is 13.1 Å². The molecule has 4 amide bonds. The number of hydrogen-bond donors (Lipinski definition) is 4. The lowest BCUT2D eigenvalue weighted by Gasteiger charge is -2.21. The SMILES string of the molecule is O=C(N[C@@H](Cc1ccc(OCc2ccccc2)cc1)C(=O)NCCCCCCCCNC(=O)[C@H](Cc1ccc(OCc2ccccc2)cc1)NC(=O)c1cccc(OCc2ccccc2)c1OCc1ccccc1)c1cccc(OCc2ccccc2)c1OCc1ccccc1. The van der Waals surface area contributed by atoms with Gasteiger partial charge in [-0.25, -0.2) is 0 Å². The Morgan fingerprint density at radius 3 is 0.865 bits per heavy atom. The lowest BCUT2D eigenvalue weighted by molar-refractivity contribution is -0.123. The van der Waals surface area contributed by atoms with Crippen LogP contribution in [0.15, 0.2) is 267 Å². The lowest BCUT2D eigenvalue weighted by atomic mass is 10.0. The monoisotopic (exact) mass is 1280 g/mol. The zero-order chi connectivity index (χ0) is 66.2. The Morgan fingerprint density at radius 1 is 0.271 bits per heavy atom. The highest BCUT2D eigenvalue weighted by Gasteiger charge is 2.28. The maximum atomic E-state index is 14.5. The topological polar surface area (TPSA) is 172 Å². The highest BCUT2D eigenvalue weighted by molar-refractivity contribution is 6.01. The van der Waals surface area contributed by atoms with Crippen molar-refractivity contribution in [3.05, 3.63) is 323 Å². The Morgan fingerprint density at radius 2 is 0.552 bits per heavy atom. The van der Waals surface area contributed by atoms with E-state index in [9.17, 15) is 19.2 Å². The molecular weight excluding hydrogens is 1200 g/mol. The van der Waals surface area contributed by atoms with Gasteiger partial charge < -0.3 is 49.7 Å². The molecule has 96 heavy (non-hydrogen) atoms. The molecule has 0 saturated carbocycles. The zero-order valence-electron chi connectivity index (χ0n) is 54.0. The van der Waals surface area contributed by atoms with Crippen molar-refractivity contribution in [1.29, 1.82) is 0 Å². The van der Waals surface area contributed by atoms with Crippen LogP contribution < -0.4 is 49.7 Å². The van der Waals surface area contributed by atoms with E-state index in [0.29, 0.717) is 49.3 Å². The summed E-state index contributed by atoms with van der Waals surface area (Å²) in [6.07, 6.45) is 5.39. The summed E-state index contributed by atoms with van der Waals surface area (Å²) < 4.78 is 37.5. The average Bonchev–Trinajstić information content (AvgIpc) is 0.911. The molecule has 0 aliphatic carbocycles. The van der Waals surface area contributed by atoms with Crippen LogP contribution in [0.5, 0.6) is 34.5 Å². The van der Waals surface area contributed by atoms with E-state index in [2.05, 4.69) is 21.3 Å². The van der Waals surface area contributed by atoms with Gasteiger partial charge in [0.2, 0.25) is 11.8 Å². The maximum absolute atomic E-state index is 14.5. The number of amides is 4. The molecule has 0 heterocycles. The van der Waals surface area contributed by atoms with Crippen molar-refractivity contribution in [3.8, 4) is 34.5 Å². The molecule has 10 rings (SSSR count). The summed E-state index contributed by atoms with van der Waals surface area (Å²) >= 11 is 0. The van der Waals surface area contributed by atoms with Gasteiger partial charge >= 0.3 is 0 Å². The summed E-state index contributed by atoms with van der Waals surface area (Å²) in [5.41, 5.74) is 7.97. The molecule has 490 valence electrons. The van der Waals surface area contributed by atoms with Crippen LogP contribution in [0.1, 0.15) is 104 Å². The van der Waals surface area contributed by atoms with Gasteiger partial charge in [0.15, 0.2) is 23.0 Å². The molecule has 4 N–H and O–H groups in total. The van der Waals surface area contributed by atoms with Crippen LogP contribution in [0, 0.1) is 0 Å². The smallest absolute Gasteiger partial charge is 0.255 e. The van der Waals surface area contributed by atoms with E-state index < -0.39 is 23.9 Å². The van der Waals surface area contributed by atoms with Crippen LogP contribution in [-0.4, -0.2) is 48.8 Å². The fraction of sp³-hybridized carbons (Fsp3) is 0.220. The fourth-order valence-electron chi connectivity index (χ4n) is 10.8. The predicted molar refractivity (Wildman–Crippen MR) is 374 cm³/mol. The van der Waals surface area contributed by atoms with Crippen molar-refractivity contribution in [2.24, 2.45) is 0 Å². The number of benzene rings is 10. The molecule has 2 atom stereocenters. The molecule has 0 saturated heterocycles. The minimum Gasteiger partial charge on any atom is -0.489 e. The number of para-hydroxylation sites is 2. The second kappa shape index (κ2) is 36.9. The van der Waals surface area contributed by atoms with E-state index in [0.717, 1.165) is 83.0 Å². The van der Waals surface area contributed by atoms with E-state index in [1.165, 1.54) is 0 Å². The second-order valence-corrected chi connectivity index (χ2v) is 23.4. The second-order valence-electron chi connectivity index (χ2n) is 23.4. The third kappa shape index (κ3) is 21.7. The third-order valence-corrected chi connectivity index (χ3v) is 16.0. The van der Waals surface area contributed by atoms with E-state index in [4.69, 9.17) is 28.4 Å². The molecule has 0 radical (unpaired) electrons. The molecule has 14 nitrogen and oxygen atoms in total. The van der Waals surface area contributed by atoms with E-state index in [1.54, 1.807) is 36.4 Å². The van der Waals surface area contributed by atoms with Gasteiger partial charge in [-0.2, -0.15) is 0 Å². The molecule has 0 bridgehead atoms.